The zero-order chi connectivity index (χ0) is 9.94. The molecule has 68 valence electrons. The first-order valence-corrected chi connectivity index (χ1v) is 4.02. The number of carbonyl (C=O) groups excluding carboxylic acids is 2. The predicted octanol–water partition coefficient (Wildman–Crippen LogP) is 2.14. The van der Waals surface area contributed by atoms with E-state index in [0.717, 1.165) is 0 Å². The van der Waals surface area contributed by atoms with Gasteiger partial charge in [0.1, 0.15) is 0 Å². The van der Waals surface area contributed by atoms with Gasteiger partial charge in [0.15, 0.2) is 11.6 Å². The molecule has 0 radical (unpaired) electrons. The Labute approximate surface area is 73.7 Å². The van der Waals surface area contributed by atoms with E-state index in [4.69, 9.17) is 0 Å². The Hall–Kier alpha value is -0.920. The van der Waals surface area contributed by atoms with Crippen LogP contribution in [0.5, 0.6) is 0 Å². The third kappa shape index (κ3) is 2.61. The van der Waals surface area contributed by atoms with Gasteiger partial charge in [-0.05, 0) is 13.8 Å². The van der Waals surface area contributed by atoms with Crippen molar-refractivity contribution in [3.63, 3.8) is 0 Å². The van der Waals surface area contributed by atoms with E-state index in [0.29, 0.717) is 5.57 Å². The molecule has 0 aliphatic rings. The van der Waals surface area contributed by atoms with Gasteiger partial charge in [0.2, 0.25) is 0 Å². The van der Waals surface area contributed by atoms with Crippen molar-refractivity contribution in [2.45, 2.75) is 34.6 Å². The predicted molar refractivity (Wildman–Crippen MR) is 48.9 cm³/mol. The Morgan fingerprint density at radius 1 is 1.17 bits per heavy atom. The maximum atomic E-state index is 11.5. The van der Waals surface area contributed by atoms with E-state index in [1.165, 1.54) is 6.92 Å². The largest absolute Gasteiger partial charge is 0.294 e. The molecule has 0 bridgehead atoms. The van der Waals surface area contributed by atoms with Crippen molar-refractivity contribution in [2.24, 2.45) is 5.41 Å². The van der Waals surface area contributed by atoms with E-state index < -0.39 is 5.41 Å². The van der Waals surface area contributed by atoms with Crippen LogP contribution in [-0.2, 0) is 9.59 Å². The second kappa shape index (κ2) is 3.65. The minimum atomic E-state index is -0.465. The number of hydrogen-bond acceptors (Lipinski definition) is 2. The first kappa shape index (κ1) is 11.1. The molecule has 0 aliphatic heterocycles. The average molecular weight is 168 g/mol. The second-order valence-electron chi connectivity index (χ2n) is 3.84. The molecule has 0 aromatic carbocycles. The zero-order valence-corrected chi connectivity index (χ0v) is 8.39. The van der Waals surface area contributed by atoms with E-state index in [2.05, 4.69) is 0 Å². The molecule has 12 heavy (non-hydrogen) atoms. The van der Waals surface area contributed by atoms with Crippen LogP contribution in [0, 0.1) is 5.41 Å². The third-order valence-corrected chi connectivity index (χ3v) is 1.59. The van der Waals surface area contributed by atoms with Crippen LogP contribution in [0.4, 0.5) is 0 Å². The molecular weight excluding hydrogens is 152 g/mol. The molecule has 0 rings (SSSR count). The summed E-state index contributed by atoms with van der Waals surface area (Å²) in [5, 5.41) is 0. The number of carbonyl (C=O) groups is 2. The fourth-order valence-corrected chi connectivity index (χ4v) is 0.898. The number of ketones is 2. The molecule has 2 nitrogen and oxygen atoms in total. The van der Waals surface area contributed by atoms with Gasteiger partial charge in [-0.15, -0.1) is 0 Å². The van der Waals surface area contributed by atoms with Crippen molar-refractivity contribution in [1.82, 2.24) is 0 Å². The minimum Gasteiger partial charge on any atom is -0.294 e. The van der Waals surface area contributed by atoms with Gasteiger partial charge in [-0.3, -0.25) is 9.59 Å². The summed E-state index contributed by atoms with van der Waals surface area (Å²) in [7, 11) is 0. The van der Waals surface area contributed by atoms with Gasteiger partial charge in [0.25, 0.3) is 0 Å². The molecule has 0 spiro atoms. The summed E-state index contributed by atoms with van der Waals surface area (Å²) in [5.74, 6) is -0.241. The Balaban J connectivity index is 4.82. The molecule has 0 heterocycles. The van der Waals surface area contributed by atoms with Crippen LogP contribution >= 0.6 is 0 Å². The highest BCUT2D eigenvalue weighted by molar-refractivity contribution is 6.20. The average Bonchev–Trinajstić information content (AvgIpc) is 1.86. The monoisotopic (exact) mass is 168 g/mol. The summed E-state index contributed by atoms with van der Waals surface area (Å²) >= 11 is 0. The van der Waals surface area contributed by atoms with Gasteiger partial charge in [0, 0.05) is 5.41 Å². The summed E-state index contributed by atoms with van der Waals surface area (Å²) in [6.07, 6.45) is 1.58. The standard InChI is InChI=1S/C10H16O2/c1-6-8(7(2)11)9(12)10(3,4)5/h6H,1-5H3/b8-6+. The fourth-order valence-electron chi connectivity index (χ4n) is 0.898. The molecule has 0 aromatic heterocycles. The lowest BCUT2D eigenvalue weighted by molar-refractivity contribution is -0.125. The molecule has 2 heteroatoms. The van der Waals surface area contributed by atoms with Crippen LogP contribution in [0.1, 0.15) is 34.6 Å². The molecule has 0 fully saturated rings. The van der Waals surface area contributed by atoms with E-state index >= 15 is 0 Å². The van der Waals surface area contributed by atoms with Gasteiger partial charge >= 0.3 is 0 Å². The van der Waals surface area contributed by atoms with E-state index in [9.17, 15) is 9.59 Å². The Bertz CT molecular complexity index is 229. The van der Waals surface area contributed by atoms with E-state index in [1.807, 2.05) is 20.8 Å². The van der Waals surface area contributed by atoms with Gasteiger partial charge in [-0.2, -0.15) is 0 Å². The summed E-state index contributed by atoms with van der Waals surface area (Å²) in [6, 6.07) is 0. The summed E-state index contributed by atoms with van der Waals surface area (Å²) in [6.45, 7) is 8.55. The number of allylic oxidation sites excluding steroid dienone is 2. The van der Waals surface area contributed by atoms with Crippen LogP contribution in [0.15, 0.2) is 11.6 Å². The van der Waals surface area contributed by atoms with Crippen LogP contribution in [0.3, 0.4) is 0 Å². The fraction of sp³-hybridized carbons (Fsp3) is 0.600. The minimum absolute atomic E-state index is 0.0856. The number of Topliss-reactive ketones (excluding diaryl/α,β-unsaturated/α-hetero) is 2. The smallest absolute Gasteiger partial charge is 0.171 e. The Morgan fingerprint density at radius 3 is 1.67 bits per heavy atom. The summed E-state index contributed by atoms with van der Waals surface area (Å²) in [4.78, 5) is 22.5. The molecule has 0 N–H and O–H groups in total. The second-order valence-corrected chi connectivity index (χ2v) is 3.84. The van der Waals surface area contributed by atoms with Crippen LogP contribution < -0.4 is 0 Å². The lowest BCUT2D eigenvalue weighted by Gasteiger charge is -2.16. The molecule has 0 saturated heterocycles. The lowest BCUT2D eigenvalue weighted by atomic mass is 9.85. The maximum absolute atomic E-state index is 11.5. The Kier molecular flexibility index (Phi) is 3.37. The molecule has 0 unspecified atom stereocenters. The lowest BCUT2D eigenvalue weighted by Crippen LogP contribution is -2.25. The van der Waals surface area contributed by atoms with E-state index in [1.54, 1.807) is 13.0 Å². The highest BCUT2D eigenvalue weighted by Gasteiger charge is 2.26. The number of rotatable bonds is 2. The third-order valence-electron chi connectivity index (χ3n) is 1.59. The normalized spacial score (nSPS) is 12.9. The van der Waals surface area contributed by atoms with Crippen molar-refractivity contribution in [3.05, 3.63) is 11.6 Å². The van der Waals surface area contributed by atoms with Crippen LogP contribution in [0.25, 0.3) is 0 Å². The molecule has 0 amide bonds. The van der Waals surface area contributed by atoms with Gasteiger partial charge in [-0.1, -0.05) is 26.8 Å². The highest BCUT2D eigenvalue weighted by atomic mass is 16.1. The quantitative estimate of drug-likeness (QED) is 0.359. The molecule has 0 atom stereocenters. The first-order chi connectivity index (χ1) is 5.30. The number of hydrogen-bond donors (Lipinski definition) is 0. The van der Waals surface area contributed by atoms with Crippen molar-refractivity contribution in [1.29, 1.82) is 0 Å². The SMILES string of the molecule is C/C=C(\C(C)=O)C(=O)C(C)(C)C. The zero-order valence-electron chi connectivity index (χ0n) is 8.39. The van der Waals surface area contributed by atoms with Crippen molar-refractivity contribution < 1.29 is 9.59 Å². The molecule has 0 saturated carbocycles. The Morgan fingerprint density at radius 2 is 1.58 bits per heavy atom. The van der Waals surface area contributed by atoms with Gasteiger partial charge in [0.05, 0.1) is 5.57 Å². The molecule has 0 aromatic rings. The van der Waals surface area contributed by atoms with Gasteiger partial charge in [-0.25, -0.2) is 0 Å². The van der Waals surface area contributed by atoms with E-state index in [-0.39, 0.29) is 11.6 Å². The summed E-state index contributed by atoms with van der Waals surface area (Å²) in [5.41, 5.74) is -0.157. The van der Waals surface area contributed by atoms with Crippen molar-refractivity contribution in [2.75, 3.05) is 0 Å². The topological polar surface area (TPSA) is 34.1 Å². The molecule has 0 aliphatic carbocycles. The van der Waals surface area contributed by atoms with Crippen LogP contribution in [0.2, 0.25) is 0 Å². The molecular formula is C10H16O2. The van der Waals surface area contributed by atoms with Crippen molar-refractivity contribution in [3.8, 4) is 0 Å². The summed E-state index contributed by atoms with van der Waals surface area (Å²) < 4.78 is 0. The van der Waals surface area contributed by atoms with Crippen molar-refractivity contribution >= 4 is 11.6 Å². The van der Waals surface area contributed by atoms with Crippen LogP contribution in [-0.4, -0.2) is 11.6 Å². The maximum Gasteiger partial charge on any atom is 0.171 e. The van der Waals surface area contributed by atoms with Gasteiger partial charge < -0.3 is 0 Å². The highest BCUT2D eigenvalue weighted by Crippen LogP contribution is 2.20. The first-order valence-electron chi connectivity index (χ1n) is 4.02.